The molecule has 0 aliphatic heterocycles. The molecule has 0 aromatic heterocycles. The molecule has 0 saturated carbocycles. The first-order chi connectivity index (χ1) is 3.31. The van der Waals surface area contributed by atoms with Crippen LogP contribution in [0.15, 0.2) is 0 Å². The molecule has 0 fully saturated rings. The number of thiol groups is 1. The Balaban J connectivity index is 2.83. The molecule has 1 unspecified atom stereocenters. The fourth-order valence-electron chi connectivity index (χ4n) is 0.287. The smallest absolute Gasteiger partial charge is 0.0515 e. The fourth-order valence-corrected chi connectivity index (χ4v) is 0.860. The highest BCUT2D eigenvalue weighted by atomic mass is 32.2. The predicted octanol–water partition coefficient (Wildman–Crippen LogP) is -0.127. The van der Waals surface area contributed by atoms with Crippen molar-refractivity contribution in [3.63, 3.8) is 0 Å². The van der Waals surface area contributed by atoms with Gasteiger partial charge in [-0.15, -0.1) is 0 Å². The summed E-state index contributed by atoms with van der Waals surface area (Å²) < 4.78 is 0. The molecular formula is C4H13NOS. The maximum absolute atomic E-state index is 8.30. The van der Waals surface area contributed by atoms with Crippen LogP contribution in [0.2, 0.25) is 0 Å². The summed E-state index contributed by atoms with van der Waals surface area (Å²) in [5, 5.41) is 13.8. The van der Waals surface area contributed by atoms with E-state index in [1.165, 1.54) is 0 Å². The van der Waals surface area contributed by atoms with Gasteiger partial charge in [0.25, 0.3) is 0 Å². The molecule has 7 heavy (non-hydrogen) atoms. The summed E-state index contributed by atoms with van der Waals surface area (Å²) in [5.74, 6) is 1.82. The van der Waals surface area contributed by atoms with Gasteiger partial charge in [0.05, 0.1) is 6.61 Å². The molecule has 2 nitrogen and oxygen atoms in total. The second-order valence-electron chi connectivity index (χ2n) is 1.35. The van der Waals surface area contributed by atoms with Crippen LogP contribution >= 0.6 is 11.1 Å². The second kappa shape index (κ2) is 4.43. The number of hydrogen-bond donors (Lipinski definition) is 3. The van der Waals surface area contributed by atoms with Gasteiger partial charge in [0.2, 0.25) is 0 Å². The molecule has 0 bridgehead atoms. The third kappa shape index (κ3) is 4.12. The van der Waals surface area contributed by atoms with Gasteiger partial charge in [-0.3, -0.25) is 5.14 Å². The van der Waals surface area contributed by atoms with E-state index in [2.05, 4.69) is 0 Å². The molecule has 0 amide bonds. The van der Waals surface area contributed by atoms with Gasteiger partial charge in [-0.05, 0) is 5.75 Å². The molecule has 1 atom stereocenters. The molecule has 3 heteroatoms. The van der Waals surface area contributed by atoms with E-state index in [1.54, 1.807) is 0 Å². The van der Waals surface area contributed by atoms with Crippen molar-refractivity contribution in [2.45, 2.75) is 6.92 Å². The van der Waals surface area contributed by atoms with E-state index in [-0.39, 0.29) is 17.7 Å². The Hall–Kier alpha value is 0.270. The van der Waals surface area contributed by atoms with E-state index in [9.17, 15) is 0 Å². The lowest BCUT2D eigenvalue weighted by molar-refractivity contribution is 0.322. The van der Waals surface area contributed by atoms with Crippen LogP contribution < -0.4 is 5.14 Å². The molecule has 0 spiro atoms. The zero-order chi connectivity index (χ0) is 5.70. The molecule has 0 heterocycles. The summed E-state index contributed by atoms with van der Waals surface area (Å²) in [6, 6.07) is 0. The zero-order valence-electron chi connectivity index (χ0n) is 4.59. The average Bonchev–Trinajstić information content (AvgIpc) is 1.68. The minimum absolute atomic E-state index is 0.246. The third-order valence-corrected chi connectivity index (χ3v) is 2.38. The molecule has 0 saturated heterocycles. The first kappa shape index (κ1) is 7.27. The lowest BCUT2D eigenvalue weighted by Crippen LogP contribution is -2.03. The number of nitrogens with two attached hydrogens (primary N) is 1. The topological polar surface area (TPSA) is 46.2 Å². The monoisotopic (exact) mass is 123 g/mol. The number of aliphatic hydroxyl groups is 1. The standard InChI is InChI=1S/C4H13NOS/c1-2-7(5)4-3-6/h6-7H,2-5H2,1H3. The van der Waals surface area contributed by atoms with Gasteiger partial charge in [-0.1, -0.05) is 6.92 Å². The summed E-state index contributed by atoms with van der Waals surface area (Å²) in [7, 11) is 0. The molecule has 0 aromatic rings. The van der Waals surface area contributed by atoms with Gasteiger partial charge in [0.15, 0.2) is 0 Å². The first-order valence-corrected chi connectivity index (χ1v) is 4.20. The van der Waals surface area contributed by atoms with Crippen LogP contribution in [0.25, 0.3) is 0 Å². The highest BCUT2D eigenvalue weighted by molar-refractivity contribution is 8.15. The molecule has 0 aromatic carbocycles. The van der Waals surface area contributed by atoms with Crippen molar-refractivity contribution in [3.8, 4) is 0 Å². The molecule has 0 aliphatic carbocycles. The molecule has 0 radical (unpaired) electrons. The van der Waals surface area contributed by atoms with Crippen LogP contribution in [0, 0.1) is 0 Å². The molecule has 0 aliphatic rings. The number of rotatable bonds is 3. The Morgan fingerprint density at radius 3 is 2.43 bits per heavy atom. The predicted molar refractivity (Wildman–Crippen MR) is 35.7 cm³/mol. The zero-order valence-corrected chi connectivity index (χ0v) is 5.49. The van der Waals surface area contributed by atoms with Gasteiger partial charge in [-0.2, -0.15) is 0 Å². The van der Waals surface area contributed by atoms with Crippen molar-refractivity contribution in [1.82, 2.24) is 0 Å². The maximum atomic E-state index is 8.30. The van der Waals surface area contributed by atoms with Crippen molar-refractivity contribution in [1.29, 1.82) is 0 Å². The Morgan fingerprint density at radius 1 is 1.71 bits per heavy atom. The third-order valence-electron chi connectivity index (χ3n) is 0.793. The van der Waals surface area contributed by atoms with Crippen molar-refractivity contribution in [2.75, 3.05) is 18.1 Å². The van der Waals surface area contributed by atoms with Crippen LogP contribution in [-0.4, -0.2) is 23.2 Å². The van der Waals surface area contributed by atoms with Gasteiger partial charge >= 0.3 is 0 Å². The fraction of sp³-hybridized carbons (Fsp3) is 1.00. The summed E-state index contributed by atoms with van der Waals surface area (Å²) in [6.45, 7) is 2.29. The SMILES string of the molecule is CC[SH](N)CCO. The van der Waals surface area contributed by atoms with Crippen molar-refractivity contribution in [3.05, 3.63) is 0 Å². The van der Waals surface area contributed by atoms with E-state index in [4.69, 9.17) is 10.2 Å². The number of aliphatic hydroxyl groups excluding tert-OH is 1. The van der Waals surface area contributed by atoms with Gasteiger partial charge in [0.1, 0.15) is 0 Å². The molecule has 0 rings (SSSR count). The van der Waals surface area contributed by atoms with Crippen LogP contribution in [0.1, 0.15) is 6.92 Å². The lowest BCUT2D eigenvalue weighted by atomic mass is 10.9. The van der Waals surface area contributed by atoms with Crippen molar-refractivity contribution < 1.29 is 5.11 Å². The van der Waals surface area contributed by atoms with Crippen LogP contribution in [0.5, 0.6) is 0 Å². The van der Waals surface area contributed by atoms with E-state index in [0.717, 1.165) is 11.5 Å². The summed E-state index contributed by atoms with van der Waals surface area (Å²) in [6.07, 6.45) is 0. The maximum Gasteiger partial charge on any atom is 0.0515 e. The Bertz CT molecular complexity index is 42.7. The second-order valence-corrected chi connectivity index (χ2v) is 3.61. The van der Waals surface area contributed by atoms with Gasteiger partial charge < -0.3 is 5.11 Å². The van der Waals surface area contributed by atoms with Crippen LogP contribution in [0.4, 0.5) is 0 Å². The van der Waals surface area contributed by atoms with Crippen molar-refractivity contribution in [2.24, 2.45) is 5.14 Å². The first-order valence-electron chi connectivity index (χ1n) is 2.41. The number of hydrogen-bond acceptors (Lipinski definition) is 2. The van der Waals surface area contributed by atoms with Gasteiger partial charge in [0, 0.05) is 5.75 Å². The Kier molecular flexibility index (Phi) is 4.60. The summed E-state index contributed by atoms with van der Waals surface area (Å²) in [5.41, 5.74) is 0. The van der Waals surface area contributed by atoms with E-state index in [0.29, 0.717) is 0 Å². The Morgan fingerprint density at radius 2 is 2.29 bits per heavy atom. The highest BCUT2D eigenvalue weighted by Crippen LogP contribution is 2.10. The molecule has 46 valence electrons. The Labute approximate surface area is 47.2 Å². The quantitative estimate of drug-likeness (QED) is 0.458. The van der Waals surface area contributed by atoms with E-state index >= 15 is 0 Å². The molecule has 3 N–H and O–H groups in total. The minimum atomic E-state index is -0.328. The normalized spacial score (nSPS) is 16.7. The summed E-state index contributed by atoms with van der Waals surface area (Å²) >= 11 is -0.328. The van der Waals surface area contributed by atoms with Crippen LogP contribution in [0.3, 0.4) is 0 Å². The minimum Gasteiger partial charge on any atom is -0.396 e. The lowest BCUT2D eigenvalue weighted by Gasteiger charge is -2.09. The van der Waals surface area contributed by atoms with E-state index < -0.39 is 0 Å². The largest absolute Gasteiger partial charge is 0.396 e. The van der Waals surface area contributed by atoms with Crippen molar-refractivity contribution >= 4 is 11.1 Å². The molecular weight excluding hydrogens is 110 g/mol. The van der Waals surface area contributed by atoms with E-state index in [1.807, 2.05) is 6.92 Å². The highest BCUT2D eigenvalue weighted by Gasteiger charge is 1.87. The van der Waals surface area contributed by atoms with Crippen LogP contribution in [-0.2, 0) is 0 Å². The van der Waals surface area contributed by atoms with Gasteiger partial charge in [-0.25, -0.2) is 11.1 Å². The summed E-state index contributed by atoms with van der Waals surface area (Å²) in [4.78, 5) is 0. The average molecular weight is 123 g/mol.